The number of H-pyrrole nitrogens is 1. The lowest BCUT2D eigenvalue weighted by molar-refractivity contribution is -0.149. The molecule has 0 radical (unpaired) electrons. The first-order valence-electron chi connectivity index (χ1n) is 12.1. The molecule has 0 amide bonds. The predicted octanol–water partition coefficient (Wildman–Crippen LogP) is 3.15. The molecule has 2 atom stereocenters. The first-order chi connectivity index (χ1) is 17.3. The van der Waals surface area contributed by atoms with Crippen LogP contribution in [0.25, 0.3) is 22.1 Å². The van der Waals surface area contributed by atoms with Gasteiger partial charge < -0.3 is 19.6 Å². The first-order valence-corrected chi connectivity index (χ1v) is 12.5. The summed E-state index contributed by atoms with van der Waals surface area (Å²) < 4.78 is 9.48. The molecular formula is C25H29ClN6O4. The SMILES string of the molecule is CCOC(=O)C1CCCC(Nc2nc3c(c(=O)n(Cc4cc5c(Cl)cccc5[nH]4)c(=O)n3C)n2C)C1. The van der Waals surface area contributed by atoms with Gasteiger partial charge in [-0.3, -0.25) is 18.7 Å². The van der Waals surface area contributed by atoms with Gasteiger partial charge in [-0.25, -0.2) is 4.79 Å². The summed E-state index contributed by atoms with van der Waals surface area (Å²) in [6.07, 6.45) is 3.21. The minimum absolute atomic E-state index is 0.0130. The van der Waals surface area contributed by atoms with Crippen LogP contribution in [0.15, 0.2) is 33.9 Å². The Morgan fingerprint density at radius 2 is 2.06 bits per heavy atom. The normalized spacial score (nSPS) is 18.1. The standard InChI is InChI=1S/C25H29ClN6O4/c1-4-36-23(34)14-7-5-8-15(11-14)28-24-29-21-20(30(24)2)22(33)32(25(35)31(21)3)13-16-12-17-18(26)9-6-10-19(17)27-16/h6,9-10,12,14-15,27H,4-5,7-8,11,13H2,1-3H3,(H,28,29). The summed E-state index contributed by atoms with van der Waals surface area (Å²) >= 11 is 6.29. The minimum atomic E-state index is -0.457. The topological polar surface area (TPSA) is 116 Å². The number of aryl methyl sites for hydroxylation is 2. The van der Waals surface area contributed by atoms with E-state index in [1.807, 2.05) is 18.2 Å². The van der Waals surface area contributed by atoms with Crippen LogP contribution in [0.5, 0.6) is 0 Å². The van der Waals surface area contributed by atoms with Gasteiger partial charge in [0.1, 0.15) is 0 Å². The Labute approximate surface area is 211 Å². The minimum Gasteiger partial charge on any atom is -0.466 e. The van der Waals surface area contributed by atoms with Gasteiger partial charge in [0.2, 0.25) is 5.95 Å². The third-order valence-electron chi connectivity index (χ3n) is 6.98. The monoisotopic (exact) mass is 512 g/mol. The Hall–Kier alpha value is -3.53. The Kier molecular flexibility index (Phi) is 6.38. The average Bonchev–Trinajstić information content (AvgIpc) is 3.42. The smallest absolute Gasteiger partial charge is 0.332 e. The van der Waals surface area contributed by atoms with E-state index in [-0.39, 0.29) is 24.5 Å². The number of hydrogen-bond acceptors (Lipinski definition) is 6. The number of halogens is 1. The molecule has 190 valence electrons. The highest BCUT2D eigenvalue weighted by Gasteiger charge is 2.29. The Bertz CT molecular complexity index is 1580. The van der Waals surface area contributed by atoms with E-state index in [2.05, 4.69) is 15.3 Å². The van der Waals surface area contributed by atoms with Gasteiger partial charge in [-0.15, -0.1) is 0 Å². The van der Waals surface area contributed by atoms with E-state index in [4.69, 9.17) is 16.3 Å². The van der Waals surface area contributed by atoms with E-state index < -0.39 is 11.2 Å². The zero-order chi connectivity index (χ0) is 25.6. The Morgan fingerprint density at radius 1 is 1.25 bits per heavy atom. The molecule has 0 bridgehead atoms. The molecule has 1 aliphatic carbocycles. The summed E-state index contributed by atoms with van der Waals surface area (Å²) in [5, 5.41) is 4.82. The third-order valence-corrected chi connectivity index (χ3v) is 7.31. The molecule has 1 aromatic carbocycles. The second-order valence-corrected chi connectivity index (χ2v) is 9.76. The second kappa shape index (κ2) is 9.50. The highest BCUT2D eigenvalue weighted by atomic mass is 35.5. The fraction of sp³-hybridized carbons (Fsp3) is 0.440. The maximum atomic E-state index is 13.5. The van der Waals surface area contributed by atoms with Crippen molar-refractivity contribution in [1.82, 2.24) is 23.7 Å². The van der Waals surface area contributed by atoms with Gasteiger partial charge in [-0.05, 0) is 44.4 Å². The quantitative estimate of drug-likeness (QED) is 0.383. The van der Waals surface area contributed by atoms with Crippen LogP contribution in [0.1, 0.15) is 38.3 Å². The van der Waals surface area contributed by atoms with Crippen LogP contribution in [0.2, 0.25) is 5.02 Å². The molecule has 0 spiro atoms. The number of aromatic amines is 1. The highest BCUT2D eigenvalue weighted by Crippen LogP contribution is 2.28. The van der Waals surface area contributed by atoms with Crippen LogP contribution in [-0.2, 0) is 30.2 Å². The largest absolute Gasteiger partial charge is 0.466 e. The third kappa shape index (κ3) is 4.19. The molecule has 1 fully saturated rings. The Balaban J connectivity index is 1.48. The number of carbonyl (C=O) groups excluding carboxylic acids is 1. The van der Waals surface area contributed by atoms with Crippen molar-refractivity contribution in [3.63, 3.8) is 0 Å². The number of anilines is 1. The predicted molar refractivity (Wildman–Crippen MR) is 139 cm³/mol. The lowest BCUT2D eigenvalue weighted by Crippen LogP contribution is -2.39. The highest BCUT2D eigenvalue weighted by molar-refractivity contribution is 6.35. The van der Waals surface area contributed by atoms with Gasteiger partial charge in [0.05, 0.1) is 19.1 Å². The number of imidazole rings is 1. The number of rotatable bonds is 6. The van der Waals surface area contributed by atoms with E-state index in [9.17, 15) is 14.4 Å². The molecule has 11 heteroatoms. The van der Waals surface area contributed by atoms with Crippen molar-refractivity contribution in [3.05, 3.63) is 55.8 Å². The van der Waals surface area contributed by atoms with Crippen molar-refractivity contribution < 1.29 is 9.53 Å². The lowest BCUT2D eigenvalue weighted by atomic mass is 9.86. The number of esters is 1. The first kappa shape index (κ1) is 24.2. The van der Waals surface area contributed by atoms with Gasteiger partial charge in [0, 0.05) is 41.8 Å². The van der Waals surface area contributed by atoms with Crippen LogP contribution >= 0.6 is 11.6 Å². The number of carbonyl (C=O) groups is 1. The van der Waals surface area contributed by atoms with Crippen LogP contribution < -0.4 is 16.6 Å². The van der Waals surface area contributed by atoms with E-state index >= 15 is 0 Å². The van der Waals surface area contributed by atoms with E-state index in [1.165, 1.54) is 9.13 Å². The maximum Gasteiger partial charge on any atom is 0.332 e. The van der Waals surface area contributed by atoms with Gasteiger partial charge in [0.15, 0.2) is 11.2 Å². The van der Waals surface area contributed by atoms with Crippen LogP contribution in [0.3, 0.4) is 0 Å². The molecule has 3 heterocycles. The van der Waals surface area contributed by atoms with Crippen LogP contribution in [0, 0.1) is 5.92 Å². The molecule has 36 heavy (non-hydrogen) atoms. The summed E-state index contributed by atoms with van der Waals surface area (Å²) in [7, 11) is 3.36. The van der Waals surface area contributed by atoms with E-state index in [1.54, 1.807) is 31.7 Å². The molecule has 2 N–H and O–H groups in total. The van der Waals surface area contributed by atoms with Gasteiger partial charge in [-0.2, -0.15) is 4.98 Å². The fourth-order valence-corrected chi connectivity index (χ4v) is 5.35. The van der Waals surface area contributed by atoms with Crippen LogP contribution in [0.4, 0.5) is 5.95 Å². The molecule has 1 aliphatic rings. The molecule has 0 aliphatic heterocycles. The fourth-order valence-electron chi connectivity index (χ4n) is 5.12. The molecule has 10 nitrogen and oxygen atoms in total. The number of hydrogen-bond donors (Lipinski definition) is 2. The molecule has 1 saturated carbocycles. The second-order valence-electron chi connectivity index (χ2n) is 9.35. The molecule has 2 unspecified atom stereocenters. The number of nitrogens with zero attached hydrogens (tertiary/aromatic N) is 4. The lowest BCUT2D eigenvalue weighted by Gasteiger charge is -2.28. The summed E-state index contributed by atoms with van der Waals surface area (Å²) in [4.78, 5) is 46.7. The van der Waals surface area contributed by atoms with Gasteiger partial charge in [0.25, 0.3) is 5.56 Å². The summed E-state index contributed by atoms with van der Waals surface area (Å²) in [6, 6.07) is 7.40. The number of benzene rings is 1. The summed E-state index contributed by atoms with van der Waals surface area (Å²) in [5.74, 6) is 0.164. The van der Waals surface area contributed by atoms with E-state index in [0.29, 0.717) is 40.9 Å². The van der Waals surface area contributed by atoms with Crippen molar-refractivity contribution >= 4 is 45.6 Å². The number of nitrogens with one attached hydrogen (secondary N) is 2. The van der Waals surface area contributed by atoms with Gasteiger partial charge in [-0.1, -0.05) is 24.1 Å². The molecular weight excluding hydrogens is 484 g/mol. The van der Waals surface area contributed by atoms with Crippen LogP contribution in [-0.4, -0.2) is 42.3 Å². The molecule has 0 saturated heterocycles. The average molecular weight is 513 g/mol. The molecule has 3 aromatic heterocycles. The molecule has 5 rings (SSSR count). The maximum absolute atomic E-state index is 13.5. The van der Waals surface area contributed by atoms with Crippen molar-refractivity contribution in [2.45, 2.75) is 45.2 Å². The number of fused-ring (bicyclic) bond motifs is 2. The zero-order valence-corrected chi connectivity index (χ0v) is 21.3. The van der Waals surface area contributed by atoms with Gasteiger partial charge >= 0.3 is 11.7 Å². The molecule has 4 aromatic rings. The summed E-state index contributed by atoms with van der Waals surface area (Å²) in [6.45, 7) is 2.24. The van der Waals surface area contributed by atoms with Crippen molar-refractivity contribution in [2.75, 3.05) is 11.9 Å². The van der Waals surface area contributed by atoms with Crippen molar-refractivity contribution in [1.29, 1.82) is 0 Å². The van der Waals surface area contributed by atoms with Crippen molar-refractivity contribution in [2.24, 2.45) is 20.0 Å². The zero-order valence-electron chi connectivity index (χ0n) is 20.5. The number of aromatic nitrogens is 5. The summed E-state index contributed by atoms with van der Waals surface area (Å²) in [5.41, 5.74) is 1.29. The number of ether oxygens (including phenoxy) is 1. The Morgan fingerprint density at radius 3 is 2.81 bits per heavy atom. The van der Waals surface area contributed by atoms with Crippen molar-refractivity contribution in [3.8, 4) is 0 Å². The van der Waals surface area contributed by atoms with E-state index in [0.717, 1.165) is 30.2 Å².